The first-order valence-electron chi connectivity index (χ1n) is 14.8. The molecule has 1 aromatic heterocycles. The van der Waals surface area contributed by atoms with Gasteiger partial charge in [-0.2, -0.15) is 0 Å². The Morgan fingerprint density at radius 1 is 0.390 bits per heavy atom. The van der Waals surface area contributed by atoms with Gasteiger partial charge in [0.2, 0.25) is 0 Å². The van der Waals surface area contributed by atoms with Crippen LogP contribution in [0.5, 0.6) is 0 Å². The molecule has 2 aliphatic carbocycles. The van der Waals surface area contributed by atoms with Gasteiger partial charge in [0.05, 0.1) is 0 Å². The number of furan rings is 1. The quantitative estimate of drug-likeness (QED) is 0.206. The smallest absolute Gasteiger partial charge is 0.136 e. The van der Waals surface area contributed by atoms with Crippen molar-refractivity contribution in [3.8, 4) is 22.3 Å². The molecule has 1 heteroatoms. The highest BCUT2D eigenvalue weighted by molar-refractivity contribution is 6.24. The molecule has 0 saturated carbocycles. The van der Waals surface area contributed by atoms with Crippen molar-refractivity contribution in [1.29, 1.82) is 0 Å². The van der Waals surface area contributed by atoms with Gasteiger partial charge in [0.15, 0.2) is 0 Å². The van der Waals surface area contributed by atoms with Crippen LogP contribution in [0.2, 0.25) is 0 Å². The van der Waals surface area contributed by atoms with Crippen molar-refractivity contribution in [2.45, 2.75) is 25.7 Å². The van der Waals surface area contributed by atoms with Gasteiger partial charge in [0.1, 0.15) is 11.2 Å². The van der Waals surface area contributed by atoms with E-state index < -0.39 is 0 Å². The summed E-state index contributed by atoms with van der Waals surface area (Å²) in [4.78, 5) is 0. The minimum absolute atomic E-state index is 0.950. The largest absolute Gasteiger partial charge is 0.456 e. The minimum Gasteiger partial charge on any atom is -0.456 e. The predicted molar refractivity (Wildman–Crippen MR) is 172 cm³/mol. The Hall–Kier alpha value is -4.88. The summed E-state index contributed by atoms with van der Waals surface area (Å²) in [6.07, 6.45) is 4.77. The lowest BCUT2D eigenvalue weighted by Crippen LogP contribution is -2.08. The Morgan fingerprint density at radius 2 is 0.976 bits per heavy atom. The Labute approximate surface area is 237 Å². The number of rotatable bonds is 2. The van der Waals surface area contributed by atoms with Crippen LogP contribution in [-0.2, 0) is 25.7 Å². The fourth-order valence-electron chi connectivity index (χ4n) is 7.66. The molecule has 0 spiro atoms. The maximum Gasteiger partial charge on any atom is 0.136 e. The zero-order chi connectivity index (χ0) is 26.7. The SMILES string of the molecule is c1ccc2c(-c3ccc4oc5ccc6c7c(ccc6c5c4c3)CC7)c3ccccc3c(-c3ccc4c(c3)CC4)c2c1. The second-order valence-electron chi connectivity index (χ2n) is 11.9. The number of fused-ring (bicyclic) bond motifs is 10. The fourth-order valence-corrected chi connectivity index (χ4v) is 7.66. The van der Waals surface area contributed by atoms with E-state index in [-0.39, 0.29) is 0 Å². The summed E-state index contributed by atoms with van der Waals surface area (Å²) in [6.45, 7) is 0. The van der Waals surface area contributed by atoms with Gasteiger partial charge in [-0.1, -0.05) is 91.0 Å². The summed E-state index contributed by atoms with van der Waals surface area (Å²) in [5.41, 5.74) is 13.1. The molecule has 1 nitrogen and oxygen atoms in total. The molecule has 0 bridgehead atoms. The van der Waals surface area contributed by atoms with Gasteiger partial charge in [-0.15, -0.1) is 0 Å². The number of aryl methyl sites for hydroxylation is 4. The zero-order valence-electron chi connectivity index (χ0n) is 22.6. The molecule has 0 radical (unpaired) electrons. The van der Waals surface area contributed by atoms with Gasteiger partial charge in [0, 0.05) is 10.8 Å². The number of hydrogen-bond acceptors (Lipinski definition) is 1. The Bertz CT molecular complexity index is 2360. The van der Waals surface area contributed by atoms with Gasteiger partial charge < -0.3 is 4.42 Å². The van der Waals surface area contributed by atoms with Crippen molar-refractivity contribution in [2.24, 2.45) is 0 Å². The van der Waals surface area contributed by atoms with Crippen LogP contribution in [0.15, 0.2) is 114 Å². The van der Waals surface area contributed by atoms with Gasteiger partial charge in [-0.25, -0.2) is 0 Å². The first-order chi connectivity index (χ1) is 20.3. The van der Waals surface area contributed by atoms with Crippen LogP contribution < -0.4 is 0 Å². The normalized spacial score (nSPS) is 14.0. The van der Waals surface area contributed by atoms with Gasteiger partial charge in [-0.3, -0.25) is 0 Å². The predicted octanol–water partition coefficient (Wildman–Crippen LogP) is 10.6. The Balaban J connectivity index is 1.30. The lowest BCUT2D eigenvalue weighted by molar-refractivity contribution is 0.669. The van der Waals surface area contributed by atoms with Crippen LogP contribution in [0.3, 0.4) is 0 Å². The Morgan fingerprint density at radius 3 is 1.61 bits per heavy atom. The van der Waals surface area contributed by atoms with Crippen LogP contribution in [0.1, 0.15) is 22.3 Å². The first-order valence-corrected chi connectivity index (χ1v) is 14.8. The molecule has 0 unspecified atom stereocenters. The van der Waals surface area contributed by atoms with Crippen molar-refractivity contribution in [2.75, 3.05) is 0 Å². The molecular formula is C40H26O. The van der Waals surface area contributed by atoms with Crippen molar-refractivity contribution in [1.82, 2.24) is 0 Å². The molecule has 8 aromatic rings. The minimum atomic E-state index is 0.950. The van der Waals surface area contributed by atoms with E-state index >= 15 is 0 Å². The maximum absolute atomic E-state index is 6.42. The summed E-state index contributed by atoms with van der Waals surface area (Å²) in [5, 5.41) is 10.3. The molecule has 0 saturated heterocycles. The van der Waals surface area contributed by atoms with E-state index in [1.165, 1.54) is 113 Å². The standard InChI is InChI=1S/C40H26O/c1-3-7-32-30(5-1)38(26-12-10-23-9-11-25(23)21-26)31-6-2-4-8-33(31)39(32)27-15-19-36-35(22-27)40-34-17-14-24-13-16-28(24)29(34)18-20-37(40)41-36/h1-8,10,12,14-15,17-22H,9,11,13,16H2. The molecule has 0 aliphatic heterocycles. The van der Waals surface area contributed by atoms with E-state index in [0.717, 1.165) is 11.2 Å². The molecule has 10 rings (SSSR count). The van der Waals surface area contributed by atoms with Crippen molar-refractivity contribution >= 4 is 54.3 Å². The maximum atomic E-state index is 6.42. The molecule has 1 heterocycles. The third-order valence-corrected chi connectivity index (χ3v) is 9.86. The second kappa shape index (κ2) is 7.86. The van der Waals surface area contributed by atoms with Crippen molar-refractivity contribution < 1.29 is 4.42 Å². The molecule has 0 N–H and O–H groups in total. The molecule has 0 amide bonds. The highest BCUT2D eigenvalue weighted by Crippen LogP contribution is 2.46. The van der Waals surface area contributed by atoms with Crippen LogP contribution in [0.4, 0.5) is 0 Å². The third-order valence-electron chi connectivity index (χ3n) is 9.86. The zero-order valence-corrected chi connectivity index (χ0v) is 22.6. The van der Waals surface area contributed by atoms with Gasteiger partial charge >= 0.3 is 0 Å². The molecule has 0 fully saturated rings. The average Bonchev–Trinajstić information content (AvgIpc) is 3.35. The molecule has 41 heavy (non-hydrogen) atoms. The van der Waals surface area contributed by atoms with Gasteiger partial charge in [-0.05, 0) is 121 Å². The van der Waals surface area contributed by atoms with Crippen LogP contribution >= 0.6 is 0 Å². The molecule has 192 valence electrons. The first kappa shape index (κ1) is 21.9. The summed E-state index contributed by atoms with van der Waals surface area (Å²) in [5.74, 6) is 0. The van der Waals surface area contributed by atoms with E-state index in [1.807, 2.05) is 0 Å². The second-order valence-corrected chi connectivity index (χ2v) is 11.9. The third kappa shape index (κ3) is 2.91. The van der Waals surface area contributed by atoms with E-state index in [1.54, 1.807) is 0 Å². The topological polar surface area (TPSA) is 13.1 Å². The molecule has 7 aromatic carbocycles. The summed E-state index contributed by atoms with van der Waals surface area (Å²) in [7, 11) is 0. The molecule has 0 atom stereocenters. The molecule has 2 aliphatic rings. The van der Waals surface area contributed by atoms with Crippen LogP contribution in [0.25, 0.3) is 76.5 Å². The lowest BCUT2D eigenvalue weighted by Gasteiger charge is -2.22. The van der Waals surface area contributed by atoms with E-state index in [9.17, 15) is 0 Å². The highest BCUT2D eigenvalue weighted by Gasteiger charge is 2.22. The highest BCUT2D eigenvalue weighted by atomic mass is 16.3. The van der Waals surface area contributed by atoms with E-state index in [4.69, 9.17) is 4.42 Å². The van der Waals surface area contributed by atoms with Crippen molar-refractivity contribution in [3.05, 3.63) is 131 Å². The summed E-state index contributed by atoms with van der Waals surface area (Å²) in [6, 6.07) is 40.9. The summed E-state index contributed by atoms with van der Waals surface area (Å²) >= 11 is 0. The monoisotopic (exact) mass is 522 g/mol. The van der Waals surface area contributed by atoms with Crippen LogP contribution in [0, 0.1) is 0 Å². The fraction of sp³-hybridized carbons (Fsp3) is 0.100. The number of benzene rings is 7. The van der Waals surface area contributed by atoms with E-state index in [2.05, 4.69) is 109 Å². The van der Waals surface area contributed by atoms with Crippen molar-refractivity contribution in [3.63, 3.8) is 0 Å². The average molecular weight is 523 g/mol. The Kier molecular flexibility index (Phi) is 4.20. The van der Waals surface area contributed by atoms with Gasteiger partial charge in [0.25, 0.3) is 0 Å². The summed E-state index contributed by atoms with van der Waals surface area (Å²) < 4.78 is 6.42. The number of hydrogen-bond donors (Lipinski definition) is 0. The molecular weight excluding hydrogens is 496 g/mol. The van der Waals surface area contributed by atoms with E-state index in [0.29, 0.717) is 0 Å². The lowest BCUT2D eigenvalue weighted by atomic mass is 9.82. The van der Waals surface area contributed by atoms with Crippen LogP contribution in [-0.4, -0.2) is 0 Å².